The highest BCUT2D eigenvalue weighted by atomic mass is 16.5. The Morgan fingerprint density at radius 3 is 2.90 bits per heavy atom. The molecule has 4 heterocycles. The van der Waals surface area contributed by atoms with Crippen LogP contribution in [0.1, 0.15) is 35.3 Å². The van der Waals surface area contributed by atoms with Crippen LogP contribution < -0.4 is 11.1 Å². The first-order chi connectivity index (χ1) is 14.0. The molecule has 10 heteroatoms. The maximum absolute atomic E-state index is 12.0. The smallest absolute Gasteiger partial charge is 0.407 e. The number of hydrogen-bond donors (Lipinski definition) is 3. The summed E-state index contributed by atoms with van der Waals surface area (Å²) in [5, 5.41) is 12.6. The van der Waals surface area contributed by atoms with Gasteiger partial charge in [-0.25, -0.2) is 19.7 Å². The molecular weight excluding hydrogens is 376 g/mol. The molecule has 0 aromatic carbocycles. The number of anilines is 1. The number of hydrogen-bond acceptors (Lipinski definition) is 7. The van der Waals surface area contributed by atoms with Crippen molar-refractivity contribution in [2.45, 2.75) is 31.7 Å². The average molecular weight is 400 g/mol. The van der Waals surface area contributed by atoms with Crippen molar-refractivity contribution in [3.05, 3.63) is 23.7 Å². The third kappa shape index (κ3) is 4.21. The van der Waals surface area contributed by atoms with Crippen LogP contribution in [0, 0.1) is 5.92 Å². The third-order valence-electron chi connectivity index (χ3n) is 5.46. The summed E-state index contributed by atoms with van der Waals surface area (Å²) in [5.41, 5.74) is 7.53. The van der Waals surface area contributed by atoms with Crippen molar-refractivity contribution >= 4 is 28.9 Å². The number of carbonyl (C=O) groups is 2. The van der Waals surface area contributed by atoms with Gasteiger partial charge in [0.05, 0.1) is 5.56 Å². The highest BCUT2D eigenvalue weighted by molar-refractivity contribution is 6.05. The number of nitrogens with zero attached hydrogens (tertiary/aromatic N) is 4. The van der Waals surface area contributed by atoms with Crippen LogP contribution >= 0.6 is 0 Å². The molecular formula is C19H24N6O4. The normalized spacial score (nSPS) is 22.0. The molecule has 29 heavy (non-hydrogen) atoms. The molecule has 0 spiro atoms. The fourth-order valence-electron chi connectivity index (χ4n) is 3.99. The zero-order valence-electron chi connectivity index (χ0n) is 16.0. The zero-order valence-corrected chi connectivity index (χ0v) is 16.0. The van der Waals surface area contributed by atoms with Crippen molar-refractivity contribution in [2.75, 3.05) is 31.6 Å². The van der Waals surface area contributed by atoms with E-state index in [1.54, 1.807) is 6.07 Å². The molecule has 0 radical (unpaired) electrons. The van der Waals surface area contributed by atoms with E-state index in [0.717, 1.165) is 31.6 Å². The largest absolute Gasteiger partial charge is 0.465 e. The number of primary amides is 1. The first kappa shape index (κ1) is 19.3. The standard InChI is InChI=1S/C19H24N6O4/c20-17(26)14-7-13(6-11-3-5-29-9-11)23-16-15(14)21-10-22-18(16)24-12-2-1-4-25(8-12)19(27)28/h7,10-12H,1-6,8-9H2,(H2,20,26)(H,27,28)(H,21,22,24). The Balaban J connectivity index is 1.67. The van der Waals surface area contributed by atoms with Gasteiger partial charge in [0.25, 0.3) is 5.91 Å². The van der Waals surface area contributed by atoms with Gasteiger partial charge in [0.15, 0.2) is 5.82 Å². The summed E-state index contributed by atoms with van der Waals surface area (Å²) in [6, 6.07) is 1.61. The number of likely N-dealkylation sites (tertiary alicyclic amines) is 1. The predicted molar refractivity (Wildman–Crippen MR) is 105 cm³/mol. The number of rotatable bonds is 5. The van der Waals surface area contributed by atoms with Gasteiger partial charge >= 0.3 is 6.09 Å². The zero-order chi connectivity index (χ0) is 20.4. The average Bonchev–Trinajstić information content (AvgIpc) is 3.21. The monoisotopic (exact) mass is 400 g/mol. The van der Waals surface area contributed by atoms with Crippen LogP contribution in [0.15, 0.2) is 12.4 Å². The molecule has 0 bridgehead atoms. The Kier molecular flexibility index (Phi) is 5.43. The summed E-state index contributed by atoms with van der Waals surface area (Å²) in [6.45, 7) is 2.30. The van der Waals surface area contributed by atoms with Gasteiger partial charge in [0.2, 0.25) is 0 Å². The maximum Gasteiger partial charge on any atom is 0.407 e. The van der Waals surface area contributed by atoms with Crippen LogP contribution in [0.5, 0.6) is 0 Å². The number of nitrogens with two attached hydrogens (primary N) is 1. The lowest BCUT2D eigenvalue weighted by atomic mass is 10.0. The Hall–Kier alpha value is -3.01. The van der Waals surface area contributed by atoms with E-state index in [4.69, 9.17) is 15.5 Å². The lowest BCUT2D eigenvalue weighted by Crippen LogP contribution is -2.44. The highest BCUT2D eigenvalue weighted by Crippen LogP contribution is 2.26. The van der Waals surface area contributed by atoms with Gasteiger partial charge in [-0.3, -0.25) is 4.79 Å². The Morgan fingerprint density at radius 2 is 2.17 bits per heavy atom. The number of nitrogens with one attached hydrogen (secondary N) is 1. The van der Waals surface area contributed by atoms with Gasteiger partial charge in [-0.15, -0.1) is 0 Å². The van der Waals surface area contributed by atoms with Gasteiger partial charge in [0.1, 0.15) is 17.4 Å². The van der Waals surface area contributed by atoms with E-state index in [1.165, 1.54) is 11.2 Å². The van der Waals surface area contributed by atoms with E-state index >= 15 is 0 Å². The van der Waals surface area contributed by atoms with Crippen LogP contribution in [-0.4, -0.2) is 69.3 Å². The van der Waals surface area contributed by atoms with Gasteiger partial charge in [-0.1, -0.05) is 0 Å². The molecule has 0 saturated carbocycles. The molecule has 4 rings (SSSR count). The molecule has 0 aliphatic carbocycles. The molecule has 2 aliphatic rings. The van der Waals surface area contributed by atoms with Gasteiger partial charge in [0, 0.05) is 38.0 Å². The Labute approximate surface area is 167 Å². The molecule has 10 nitrogen and oxygen atoms in total. The van der Waals surface area contributed by atoms with E-state index in [2.05, 4.69) is 15.3 Å². The number of ether oxygens (including phenoxy) is 1. The molecule has 2 unspecified atom stereocenters. The topological polar surface area (TPSA) is 144 Å². The van der Waals surface area contributed by atoms with Crippen molar-refractivity contribution in [1.29, 1.82) is 0 Å². The number of fused-ring (bicyclic) bond motifs is 1. The molecule has 2 aromatic rings. The number of aromatic nitrogens is 3. The van der Waals surface area contributed by atoms with E-state index in [-0.39, 0.29) is 6.04 Å². The van der Waals surface area contributed by atoms with Crippen molar-refractivity contribution in [2.24, 2.45) is 11.7 Å². The summed E-state index contributed by atoms with van der Waals surface area (Å²) in [6.07, 6.45) is 3.65. The van der Waals surface area contributed by atoms with Crippen molar-refractivity contribution in [3.63, 3.8) is 0 Å². The van der Waals surface area contributed by atoms with Crippen LogP contribution in [0.2, 0.25) is 0 Å². The van der Waals surface area contributed by atoms with E-state index < -0.39 is 12.0 Å². The summed E-state index contributed by atoms with van der Waals surface area (Å²) >= 11 is 0. The van der Waals surface area contributed by atoms with Crippen LogP contribution in [0.4, 0.5) is 10.6 Å². The van der Waals surface area contributed by atoms with Crippen molar-refractivity contribution < 1.29 is 19.4 Å². The summed E-state index contributed by atoms with van der Waals surface area (Å²) in [5.74, 6) is 0.268. The first-order valence-electron chi connectivity index (χ1n) is 9.78. The van der Waals surface area contributed by atoms with Crippen molar-refractivity contribution in [1.82, 2.24) is 19.9 Å². The minimum Gasteiger partial charge on any atom is -0.465 e. The predicted octanol–water partition coefficient (Wildman–Crippen LogP) is 1.26. The van der Waals surface area contributed by atoms with E-state index in [0.29, 0.717) is 54.4 Å². The van der Waals surface area contributed by atoms with Crippen LogP contribution in [-0.2, 0) is 11.2 Å². The molecule has 4 N–H and O–H groups in total. The van der Waals surface area contributed by atoms with Gasteiger partial charge < -0.3 is 25.8 Å². The Bertz CT molecular complexity index is 930. The molecule has 2 aliphatic heterocycles. The summed E-state index contributed by atoms with van der Waals surface area (Å²) in [7, 11) is 0. The fraction of sp³-hybridized carbons (Fsp3) is 0.526. The number of amides is 2. The van der Waals surface area contributed by atoms with Crippen LogP contribution in [0.25, 0.3) is 11.0 Å². The molecule has 2 atom stereocenters. The second-order valence-corrected chi connectivity index (χ2v) is 7.59. The fourth-order valence-corrected chi connectivity index (χ4v) is 3.99. The quantitative estimate of drug-likeness (QED) is 0.680. The number of piperidine rings is 1. The second-order valence-electron chi connectivity index (χ2n) is 7.59. The van der Waals surface area contributed by atoms with Gasteiger partial charge in [-0.05, 0) is 37.7 Å². The minimum atomic E-state index is -0.931. The second kappa shape index (κ2) is 8.16. The maximum atomic E-state index is 12.0. The van der Waals surface area contributed by atoms with E-state index in [9.17, 15) is 14.7 Å². The highest BCUT2D eigenvalue weighted by Gasteiger charge is 2.25. The lowest BCUT2D eigenvalue weighted by Gasteiger charge is -2.31. The van der Waals surface area contributed by atoms with Gasteiger partial charge in [-0.2, -0.15) is 0 Å². The summed E-state index contributed by atoms with van der Waals surface area (Å²) in [4.78, 5) is 38.0. The van der Waals surface area contributed by atoms with Crippen LogP contribution in [0.3, 0.4) is 0 Å². The molecule has 2 aromatic heterocycles. The molecule has 2 saturated heterocycles. The third-order valence-corrected chi connectivity index (χ3v) is 5.46. The van der Waals surface area contributed by atoms with E-state index in [1.807, 2.05) is 0 Å². The first-order valence-corrected chi connectivity index (χ1v) is 9.78. The SMILES string of the molecule is NC(=O)c1cc(CC2CCOC2)nc2c(NC3CCCN(C(=O)O)C3)ncnc12. The minimum absolute atomic E-state index is 0.0938. The summed E-state index contributed by atoms with van der Waals surface area (Å²) < 4.78 is 5.44. The molecule has 154 valence electrons. The Morgan fingerprint density at radius 1 is 1.31 bits per heavy atom. The molecule has 2 fully saturated rings. The number of pyridine rings is 1. The molecule has 2 amide bonds. The lowest BCUT2D eigenvalue weighted by molar-refractivity contribution is 0.100. The number of carbonyl (C=O) groups excluding carboxylic acids is 1. The van der Waals surface area contributed by atoms with Crippen molar-refractivity contribution in [3.8, 4) is 0 Å². The number of carboxylic acid groups (broad SMARTS) is 1.